The summed E-state index contributed by atoms with van der Waals surface area (Å²) in [6, 6.07) is 7.53. The van der Waals surface area contributed by atoms with Crippen LogP contribution in [0.1, 0.15) is 5.56 Å². The predicted octanol–water partition coefficient (Wildman–Crippen LogP) is 1.69. The van der Waals surface area contributed by atoms with E-state index in [0.29, 0.717) is 0 Å². The Kier molecular flexibility index (Phi) is 3.79. The SMILES string of the molecule is CNC(=O)OCOc1ccccc1C. The normalized spacial score (nSPS) is 9.29. The van der Waals surface area contributed by atoms with Gasteiger partial charge in [-0.3, -0.25) is 0 Å². The molecular formula is C10H13NO3. The molecule has 1 aromatic carbocycles. The number of para-hydroxylation sites is 1. The van der Waals surface area contributed by atoms with Gasteiger partial charge in [-0.05, 0) is 18.6 Å². The molecule has 0 radical (unpaired) electrons. The maximum Gasteiger partial charge on any atom is 0.409 e. The fraction of sp³-hybridized carbons (Fsp3) is 0.300. The van der Waals surface area contributed by atoms with Gasteiger partial charge in [0.2, 0.25) is 6.79 Å². The molecule has 0 aliphatic carbocycles. The van der Waals surface area contributed by atoms with E-state index >= 15 is 0 Å². The van der Waals surface area contributed by atoms with Crippen molar-refractivity contribution < 1.29 is 14.3 Å². The second kappa shape index (κ2) is 5.11. The second-order valence-corrected chi connectivity index (χ2v) is 2.71. The van der Waals surface area contributed by atoms with Crippen LogP contribution < -0.4 is 10.1 Å². The Hall–Kier alpha value is -1.71. The van der Waals surface area contributed by atoms with E-state index in [9.17, 15) is 4.79 Å². The minimum atomic E-state index is -0.501. The molecule has 4 heteroatoms. The molecule has 0 spiro atoms. The molecule has 0 unspecified atom stereocenters. The van der Waals surface area contributed by atoms with E-state index in [-0.39, 0.29) is 6.79 Å². The lowest BCUT2D eigenvalue weighted by Crippen LogP contribution is -2.21. The van der Waals surface area contributed by atoms with Gasteiger partial charge in [0.15, 0.2) is 0 Å². The Balaban J connectivity index is 2.39. The number of aryl methyl sites for hydroxylation is 1. The molecule has 0 fully saturated rings. The van der Waals surface area contributed by atoms with Crippen molar-refractivity contribution in [3.05, 3.63) is 29.8 Å². The molecule has 0 heterocycles. The minimum absolute atomic E-state index is 0.0788. The number of nitrogens with one attached hydrogen (secondary N) is 1. The molecule has 1 amide bonds. The largest absolute Gasteiger partial charge is 0.457 e. The summed E-state index contributed by atoms with van der Waals surface area (Å²) in [4.78, 5) is 10.7. The van der Waals surface area contributed by atoms with E-state index in [2.05, 4.69) is 10.1 Å². The molecule has 1 aromatic rings. The van der Waals surface area contributed by atoms with E-state index in [1.54, 1.807) is 0 Å². The molecule has 0 saturated carbocycles. The first kappa shape index (κ1) is 10.4. The summed E-state index contributed by atoms with van der Waals surface area (Å²) in [5.41, 5.74) is 1.01. The van der Waals surface area contributed by atoms with Gasteiger partial charge in [0.25, 0.3) is 0 Å². The van der Waals surface area contributed by atoms with Crippen molar-refractivity contribution in [1.29, 1.82) is 0 Å². The highest BCUT2D eigenvalue weighted by Crippen LogP contribution is 2.15. The number of benzene rings is 1. The average Bonchev–Trinajstić information content (AvgIpc) is 2.20. The number of amides is 1. The second-order valence-electron chi connectivity index (χ2n) is 2.71. The molecule has 0 saturated heterocycles. The molecule has 14 heavy (non-hydrogen) atoms. The van der Waals surface area contributed by atoms with Gasteiger partial charge in [-0.25, -0.2) is 4.79 Å². The molecule has 0 aliphatic heterocycles. The van der Waals surface area contributed by atoms with Crippen molar-refractivity contribution >= 4 is 6.09 Å². The van der Waals surface area contributed by atoms with Gasteiger partial charge in [-0.2, -0.15) is 0 Å². The van der Waals surface area contributed by atoms with E-state index in [0.717, 1.165) is 11.3 Å². The average molecular weight is 195 g/mol. The lowest BCUT2D eigenvalue weighted by Gasteiger charge is -2.08. The zero-order valence-corrected chi connectivity index (χ0v) is 8.24. The Morgan fingerprint density at radius 3 is 2.79 bits per heavy atom. The highest BCUT2D eigenvalue weighted by molar-refractivity contribution is 5.66. The van der Waals surface area contributed by atoms with Crippen molar-refractivity contribution in [2.24, 2.45) is 0 Å². The third kappa shape index (κ3) is 2.97. The van der Waals surface area contributed by atoms with Crippen LogP contribution in [0.25, 0.3) is 0 Å². The van der Waals surface area contributed by atoms with Crippen molar-refractivity contribution in [3.8, 4) is 5.75 Å². The van der Waals surface area contributed by atoms with Gasteiger partial charge in [0.1, 0.15) is 5.75 Å². The van der Waals surface area contributed by atoms with E-state index in [1.807, 2.05) is 31.2 Å². The van der Waals surface area contributed by atoms with Crippen LogP contribution in [-0.2, 0) is 4.74 Å². The minimum Gasteiger partial charge on any atom is -0.457 e. The fourth-order valence-corrected chi connectivity index (χ4v) is 0.937. The third-order valence-electron chi connectivity index (χ3n) is 1.70. The molecule has 0 atom stereocenters. The lowest BCUT2D eigenvalue weighted by molar-refractivity contribution is 0.0604. The Bertz CT molecular complexity index is 312. The molecule has 4 nitrogen and oxygen atoms in total. The summed E-state index contributed by atoms with van der Waals surface area (Å²) in [6.07, 6.45) is -0.501. The summed E-state index contributed by atoms with van der Waals surface area (Å²) in [5.74, 6) is 0.719. The summed E-state index contributed by atoms with van der Waals surface area (Å²) < 4.78 is 9.90. The van der Waals surface area contributed by atoms with E-state index in [1.165, 1.54) is 7.05 Å². The standard InChI is InChI=1S/C10H13NO3/c1-8-5-3-4-6-9(8)13-7-14-10(12)11-2/h3-6H,7H2,1-2H3,(H,11,12). The van der Waals surface area contributed by atoms with Crippen molar-refractivity contribution in [2.45, 2.75) is 6.92 Å². The summed E-state index contributed by atoms with van der Waals surface area (Å²) in [6.45, 7) is 1.85. The Morgan fingerprint density at radius 1 is 1.43 bits per heavy atom. The van der Waals surface area contributed by atoms with E-state index in [4.69, 9.17) is 4.74 Å². The van der Waals surface area contributed by atoms with Crippen LogP contribution in [0.4, 0.5) is 4.79 Å². The molecule has 76 valence electrons. The first-order valence-electron chi connectivity index (χ1n) is 4.27. The third-order valence-corrected chi connectivity index (χ3v) is 1.70. The number of ether oxygens (including phenoxy) is 2. The zero-order valence-electron chi connectivity index (χ0n) is 8.24. The van der Waals surface area contributed by atoms with Gasteiger partial charge in [0, 0.05) is 7.05 Å². The molecule has 0 aromatic heterocycles. The van der Waals surface area contributed by atoms with E-state index < -0.39 is 6.09 Å². The summed E-state index contributed by atoms with van der Waals surface area (Å²) >= 11 is 0. The first-order valence-corrected chi connectivity index (χ1v) is 4.27. The number of rotatable bonds is 3. The van der Waals surface area contributed by atoms with Gasteiger partial charge in [-0.15, -0.1) is 0 Å². The summed E-state index contributed by atoms with van der Waals surface area (Å²) in [5, 5.41) is 2.32. The highest BCUT2D eigenvalue weighted by Gasteiger charge is 1.99. The van der Waals surface area contributed by atoms with Crippen LogP contribution in [0.5, 0.6) is 5.75 Å². The smallest absolute Gasteiger partial charge is 0.409 e. The van der Waals surface area contributed by atoms with Crippen LogP contribution in [-0.4, -0.2) is 19.9 Å². The van der Waals surface area contributed by atoms with Crippen molar-refractivity contribution in [3.63, 3.8) is 0 Å². The molecular weight excluding hydrogens is 182 g/mol. The number of hydrogen-bond donors (Lipinski definition) is 1. The van der Waals surface area contributed by atoms with Crippen LogP contribution in [0.3, 0.4) is 0 Å². The number of carbonyl (C=O) groups excluding carboxylic acids is 1. The van der Waals surface area contributed by atoms with Crippen LogP contribution in [0.2, 0.25) is 0 Å². The molecule has 0 bridgehead atoms. The quantitative estimate of drug-likeness (QED) is 0.746. The number of carbonyl (C=O) groups is 1. The fourth-order valence-electron chi connectivity index (χ4n) is 0.937. The monoisotopic (exact) mass is 195 g/mol. The predicted molar refractivity (Wildman–Crippen MR) is 52.2 cm³/mol. The van der Waals surface area contributed by atoms with Gasteiger partial charge in [-0.1, -0.05) is 18.2 Å². The highest BCUT2D eigenvalue weighted by atomic mass is 16.7. The number of hydrogen-bond acceptors (Lipinski definition) is 3. The molecule has 1 rings (SSSR count). The number of alkyl carbamates (subject to hydrolysis) is 1. The van der Waals surface area contributed by atoms with Gasteiger partial charge < -0.3 is 14.8 Å². The van der Waals surface area contributed by atoms with Gasteiger partial charge >= 0.3 is 6.09 Å². The molecule has 0 aliphatic rings. The summed E-state index contributed by atoms with van der Waals surface area (Å²) in [7, 11) is 1.50. The maximum atomic E-state index is 10.7. The van der Waals surface area contributed by atoms with Crippen LogP contribution >= 0.6 is 0 Å². The lowest BCUT2D eigenvalue weighted by atomic mass is 10.2. The van der Waals surface area contributed by atoms with Crippen LogP contribution in [0.15, 0.2) is 24.3 Å². The zero-order chi connectivity index (χ0) is 10.4. The topological polar surface area (TPSA) is 47.6 Å². The first-order chi connectivity index (χ1) is 6.74. The van der Waals surface area contributed by atoms with Crippen molar-refractivity contribution in [1.82, 2.24) is 5.32 Å². The van der Waals surface area contributed by atoms with Crippen LogP contribution in [0, 0.1) is 6.92 Å². The van der Waals surface area contributed by atoms with Crippen molar-refractivity contribution in [2.75, 3.05) is 13.8 Å². The molecule has 1 N–H and O–H groups in total. The maximum absolute atomic E-state index is 10.7. The Morgan fingerprint density at radius 2 is 2.14 bits per heavy atom. The Labute approximate surface area is 82.8 Å². The van der Waals surface area contributed by atoms with Gasteiger partial charge in [0.05, 0.1) is 0 Å².